The number of piperidine rings is 1. The van der Waals surface area contributed by atoms with Gasteiger partial charge in [0.1, 0.15) is 5.82 Å². The van der Waals surface area contributed by atoms with Gasteiger partial charge in [0, 0.05) is 17.1 Å². The van der Waals surface area contributed by atoms with E-state index in [9.17, 15) is 4.79 Å². The van der Waals surface area contributed by atoms with Crippen molar-refractivity contribution in [1.82, 2.24) is 9.88 Å². The lowest BCUT2D eigenvalue weighted by atomic mass is 10.1. The molecule has 1 aliphatic heterocycles. The number of likely N-dealkylation sites (tertiary alicyclic amines) is 1. The average molecular weight is 310 g/mol. The van der Waals surface area contributed by atoms with Gasteiger partial charge in [0.2, 0.25) is 0 Å². The number of amides is 2. The third-order valence-corrected chi connectivity index (χ3v) is 4.76. The summed E-state index contributed by atoms with van der Waals surface area (Å²) in [5.41, 5.74) is 0.885. The van der Waals surface area contributed by atoms with Crippen molar-refractivity contribution in [3.8, 4) is 0 Å². The second-order valence-electron chi connectivity index (χ2n) is 5.18. The Kier molecular flexibility index (Phi) is 3.01. The quantitative estimate of drug-likeness (QED) is 0.866. The summed E-state index contributed by atoms with van der Waals surface area (Å²) in [5.74, 6) is 1.35. The van der Waals surface area contributed by atoms with E-state index < -0.39 is 0 Å². The molecule has 1 aliphatic carbocycles. The molecule has 0 aromatic carbocycles. The molecule has 2 atom stereocenters. The lowest BCUT2D eigenvalue weighted by Crippen LogP contribution is -2.40. The van der Waals surface area contributed by atoms with Crippen molar-refractivity contribution in [2.45, 2.75) is 32.2 Å². The number of carbonyl (C=O) groups excluding carboxylic acids is 1. The second kappa shape index (κ2) is 4.53. The van der Waals surface area contributed by atoms with E-state index in [4.69, 9.17) is 0 Å². The van der Waals surface area contributed by atoms with Crippen LogP contribution in [-0.2, 0) is 0 Å². The molecule has 2 aliphatic rings. The predicted octanol–water partition coefficient (Wildman–Crippen LogP) is 3.17. The van der Waals surface area contributed by atoms with E-state index in [0.29, 0.717) is 11.9 Å². The van der Waals surface area contributed by atoms with Crippen molar-refractivity contribution in [2.24, 2.45) is 5.92 Å². The van der Waals surface area contributed by atoms with Gasteiger partial charge >= 0.3 is 6.03 Å². The number of halogens is 1. The fraction of sp³-hybridized carbons (Fsp3) is 0.538. The lowest BCUT2D eigenvalue weighted by molar-refractivity contribution is 0.194. The van der Waals surface area contributed by atoms with Crippen molar-refractivity contribution in [3.63, 3.8) is 0 Å². The highest BCUT2D eigenvalue weighted by atomic mass is 79.9. The molecule has 2 bridgehead atoms. The van der Waals surface area contributed by atoms with Crippen LogP contribution in [0.3, 0.4) is 0 Å². The monoisotopic (exact) mass is 309 g/mol. The molecule has 4 nitrogen and oxygen atoms in total. The predicted molar refractivity (Wildman–Crippen MR) is 73.5 cm³/mol. The number of aromatic nitrogens is 1. The largest absolute Gasteiger partial charge is 0.323 e. The molecule has 18 heavy (non-hydrogen) atoms. The minimum absolute atomic E-state index is 0.00331. The molecule has 1 aromatic heterocycles. The standard InChI is InChI=1S/C13H16BrN3O/c1-8-11(14)4-5-12(15-8)16-13(18)17-7-9-2-3-10(17)6-9/h4-5,9-10H,2-3,6-7H2,1H3,(H,15,16,18)/t9-,10-/m0/s1. The smallest absolute Gasteiger partial charge is 0.321 e. The number of aryl methyl sites for hydroxylation is 1. The van der Waals surface area contributed by atoms with Crippen molar-refractivity contribution in [3.05, 3.63) is 22.3 Å². The lowest BCUT2D eigenvalue weighted by Gasteiger charge is -2.26. The molecule has 0 spiro atoms. The highest BCUT2D eigenvalue weighted by molar-refractivity contribution is 9.10. The van der Waals surface area contributed by atoms with Crippen LogP contribution in [0.25, 0.3) is 0 Å². The van der Waals surface area contributed by atoms with Crippen LogP contribution in [0.1, 0.15) is 25.0 Å². The summed E-state index contributed by atoms with van der Waals surface area (Å²) in [6.07, 6.45) is 3.62. The van der Waals surface area contributed by atoms with Gasteiger partial charge in [-0.1, -0.05) is 0 Å². The Labute approximate surface area is 115 Å². The molecular weight excluding hydrogens is 294 g/mol. The van der Waals surface area contributed by atoms with Crippen LogP contribution in [0.4, 0.5) is 10.6 Å². The van der Waals surface area contributed by atoms with E-state index in [1.807, 2.05) is 24.0 Å². The number of nitrogens with zero attached hydrogens (tertiary/aromatic N) is 2. The topological polar surface area (TPSA) is 45.2 Å². The van der Waals surface area contributed by atoms with E-state index >= 15 is 0 Å². The molecule has 2 fully saturated rings. The number of hydrogen-bond donors (Lipinski definition) is 1. The van der Waals surface area contributed by atoms with Gasteiger partial charge in [0.15, 0.2) is 0 Å². The second-order valence-corrected chi connectivity index (χ2v) is 6.03. The first-order valence-electron chi connectivity index (χ1n) is 6.34. The minimum atomic E-state index is -0.00331. The molecule has 3 rings (SSSR count). The van der Waals surface area contributed by atoms with E-state index in [0.717, 1.165) is 29.1 Å². The Bertz CT molecular complexity index is 491. The zero-order chi connectivity index (χ0) is 12.7. The summed E-state index contributed by atoms with van der Waals surface area (Å²) in [6.45, 7) is 2.82. The highest BCUT2D eigenvalue weighted by Crippen LogP contribution is 2.37. The molecule has 1 N–H and O–H groups in total. The molecular formula is C13H16BrN3O. The van der Waals surface area contributed by atoms with Gasteiger partial charge in [-0.25, -0.2) is 9.78 Å². The Morgan fingerprint density at radius 2 is 2.33 bits per heavy atom. The number of hydrogen-bond acceptors (Lipinski definition) is 2. The summed E-state index contributed by atoms with van der Waals surface area (Å²) in [4.78, 5) is 18.5. The normalized spacial score (nSPS) is 25.6. The maximum atomic E-state index is 12.2. The molecule has 2 heterocycles. The summed E-state index contributed by atoms with van der Waals surface area (Å²) in [7, 11) is 0. The minimum Gasteiger partial charge on any atom is -0.321 e. The fourth-order valence-electron chi connectivity index (χ4n) is 2.97. The number of pyridine rings is 1. The van der Waals surface area contributed by atoms with Gasteiger partial charge in [0.25, 0.3) is 0 Å². The molecule has 96 valence electrons. The van der Waals surface area contributed by atoms with Crippen LogP contribution in [0, 0.1) is 12.8 Å². The van der Waals surface area contributed by atoms with Gasteiger partial charge < -0.3 is 4.90 Å². The van der Waals surface area contributed by atoms with Gasteiger partial charge in [-0.2, -0.15) is 0 Å². The number of rotatable bonds is 1. The van der Waals surface area contributed by atoms with Gasteiger partial charge in [-0.3, -0.25) is 5.32 Å². The Balaban J connectivity index is 1.69. The first kappa shape index (κ1) is 12.0. The maximum absolute atomic E-state index is 12.2. The van der Waals surface area contributed by atoms with Crippen LogP contribution in [0.15, 0.2) is 16.6 Å². The Hall–Kier alpha value is -1.10. The van der Waals surface area contributed by atoms with Crippen LogP contribution in [0.2, 0.25) is 0 Å². The summed E-state index contributed by atoms with van der Waals surface area (Å²) in [6, 6.07) is 4.18. The van der Waals surface area contributed by atoms with E-state index in [-0.39, 0.29) is 6.03 Å². The number of anilines is 1. The van der Waals surface area contributed by atoms with Gasteiger partial charge in [-0.05, 0) is 60.2 Å². The number of urea groups is 1. The zero-order valence-electron chi connectivity index (χ0n) is 10.3. The molecule has 0 radical (unpaired) electrons. The zero-order valence-corrected chi connectivity index (χ0v) is 11.9. The van der Waals surface area contributed by atoms with Crippen molar-refractivity contribution in [1.29, 1.82) is 0 Å². The van der Waals surface area contributed by atoms with Gasteiger partial charge in [-0.15, -0.1) is 0 Å². The molecule has 1 saturated heterocycles. The SMILES string of the molecule is Cc1nc(NC(=O)N2C[C@H]3CC[C@H]2C3)ccc1Br. The van der Waals surface area contributed by atoms with Gasteiger partial charge in [0.05, 0.1) is 5.69 Å². The summed E-state index contributed by atoms with van der Waals surface area (Å²) < 4.78 is 0.959. The molecule has 2 amide bonds. The van der Waals surface area contributed by atoms with Crippen molar-refractivity contribution < 1.29 is 4.79 Å². The molecule has 0 unspecified atom stereocenters. The number of nitrogens with one attached hydrogen (secondary N) is 1. The van der Waals surface area contributed by atoms with Crippen molar-refractivity contribution in [2.75, 3.05) is 11.9 Å². The molecule has 1 aromatic rings. The van der Waals surface area contributed by atoms with E-state index in [1.165, 1.54) is 12.8 Å². The Morgan fingerprint density at radius 1 is 1.50 bits per heavy atom. The summed E-state index contributed by atoms with van der Waals surface area (Å²) in [5, 5.41) is 2.89. The number of fused-ring (bicyclic) bond motifs is 2. The number of carbonyl (C=O) groups is 1. The molecule has 5 heteroatoms. The summed E-state index contributed by atoms with van der Waals surface area (Å²) >= 11 is 3.40. The third-order valence-electron chi connectivity index (χ3n) is 3.93. The average Bonchev–Trinajstić information content (AvgIpc) is 2.96. The van der Waals surface area contributed by atoms with Crippen LogP contribution >= 0.6 is 15.9 Å². The van der Waals surface area contributed by atoms with Crippen LogP contribution < -0.4 is 5.32 Å². The fourth-order valence-corrected chi connectivity index (χ4v) is 3.19. The maximum Gasteiger partial charge on any atom is 0.323 e. The third kappa shape index (κ3) is 2.11. The van der Waals surface area contributed by atoms with Crippen LogP contribution in [-0.4, -0.2) is 28.5 Å². The Morgan fingerprint density at radius 3 is 2.94 bits per heavy atom. The van der Waals surface area contributed by atoms with E-state index in [1.54, 1.807) is 0 Å². The highest BCUT2D eigenvalue weighted by Gasteiger charge is 2.40. The molecule has 1 saturated carbocycles. The first-order chi connectivity index (χ1) is 8.63. The van der Waals surface area contributed by atoms with E-state index in [2.05, 4.69) is 26.2 Å². The first-order valence-corrected chi connectivity index (χ1v) is 7.13. The van der Waals surface area contributed by atoms with Crippen LogP contribution in [0.5, 0.6) is 0 Å². The van der Waals surface area contributed by atoms with Crippen molar-refractivity contribution >= 4 is 27.8 Å².